The first-order chi connectivity index (χ1) is 9.03. The van der Waals surface area contributed by atoms with Crippen LogP contribution in [-0.2, 0) is 6.54 Å². The van der Waals surface area contributed by atoms with E-state index in [1.807, 2.05) is 19.1 Å². The van der Waals surface area contributed by atoms with Gasteiger partial charge >= 0.3 is 0 Å². The quantitative estimate of drug-likeness (QED) is 0.879. The summed E-state index contributed by atoms with van der Waals surface area (Å²) >= 11 is 0. The first-order valence-corrected chi connectivity index (χ1v) is 7.17. The Hall–Kier alpha value is -0.930. The van der Waals surface area contributed by atoms with Gasteiger partial charge in [0, 0.05) is 18.6 Å². The van der Waals surface area contributed by atoms with E-state index < -0.39 is 0 Å². The van der Waals surface area contributed by atoms with Gasteiger partial charge in [0.25, 0.3) is 0 Å². The maximum absolute atomic E-state index is 13.2. The van der Waals surface area contributed by atoms with Crippen molar-refractivity contribution in [1.29, 1.82) is 0 Å². The number of hydrogen-bond donors (Lipinski definition) is 1. The molecule has 0 atom stereocenters. The summed E-state index contributed by atoms with van der Waals surface area (Å²) in [6.07, 6.45) is 5.20. The minimum Gasteiger partial charge on any atom is -0.311 e. The number of rotatable bonds is 5. The van der Waals surface area contributed by atoms with Crippen molar-refractivity contribution >= 4 is 0 Å². The molecular weight excluding hydrogens is 239 g/mol. The van der Waals surface area contributed by atoms with Crippen LogP contribution in [0.25, 0.3) is 0 Å². The Kier molecular flexibility index (Phi) is 4.58. The summed E-state index contributed by atoms with van der Waals surface area (Å²) in [4.78, 5) is 2.36. The summed E-state index contributed by atoms with van der Waals surface area (Å²) in [6, 6.07) is 5.36. The van der Waals surface area contributed by atoms with Gasteiger partial charge in [0.1, 0.15) is 5.82 Å². The van der Waals surface area contributed by atoms with Gasteiger partial charge in [-0.15, -0.1) is 0 Å². The predicted octanol–water partition coefficient (Wildman–Crippen LogP) is 3.10. The number of nitrogens with zero attached hydrogens (tertiary/aromatic N) is 1. The molecule has 0 heterocycles. The van der Waals surface area contributed by atoms with Gasteiger partial charge in [-0.05, 0) is 51.1 Å². The van der Waals surface area contributed by atoms with Crippen molar-refractivity contribution in [3.05, 3.63) is 35.1 Å². The zero-order valence-electron chi connectivity index (χ0n) is 12.3. The van der Waals surface area contributed by atoms with Gasteiger partial charge in [0.2, 0.25) is 0 Å². The van der Waals surface area contributed by atoms with E-state index in [0.717, 1.165) is 24.2 Å². The lowest BCUT2D eigenvalue weighted by atomic mass is 9.96. The van der Waals surface area contributed by atoms with Gasteiger partial charge in [0.05, 0.1) is 0 Å². The van der Waals surface area contributed by atoms with Gasteiger partial charge < -0.3 is 10.2 Å². The van der Waals surface area contributed by atoms with Crippen LogP contribution in [0.3, 0.4) is 0 Å². The smallest absolute Gasteiger partial charge is 0.126 e. The van der Waals surface area contributed by atoms with Crippen LogP contribution in [0.1, 0.15) is 36.8 Å². The highest BCUT2D eigenvalue weighted by atomic mass is 19.1. The van der Waals surface area contributed by atoms with Gasteiger partial charge in [-0.25, -0.2) is 4.39 Å². The van der Waals surface area contributed by atoms with Gasteiger partial charge in [-0.2, -0.15) is 0 Å². The van der Waals surface area contributed by atoms with E-state index in [1.54, 1.807) is 6.07 Å². The third-order valence-electron chi connectivity index (χ3n) is 4.49. The number of hydrogen-bond acceptors (Lipinski definition) is 2. The molecule has 0 amide bonds. The van der Waals surface area contributed by atoms with Crippen molar-refractivity contribution < 1.29 is 4.39 Å². The van der Waals surface area contributed by atoms with Crippen LogP contribution in [0.15, 0.2) is 18.2 Å². The number of benzene rings is 1. The first-order valence-electron chi connectivity index (χ1n) is 7.17. The third kappa shape index (κ3) is 3.34. The monoisotopic (exact) mass is 264 g/mol. The molecule has 0 saturated heterocycles. The van der Waals surface area contributed by atoms with Crippen LogP contribution >= 0.6 is 0 Å². The molecule has 1 aromatic carbocycles. The average molecular weight is 264 g/mol. The van der Waals surface area contributed by atoms with E-state index in [4.69, 9.17) is 0 Å². The van der Waals surface area contributed by atoms with Crippen molar-refractivity contribution in [2.24, 2.45) is 0 Å². The van der Waals surface area contributed by atoms with Crippen LogP contribution in [0.2, 0.25) is 0 Å². The van der Waals surface area contributed by atoms with Crippen molar-refractivity contribution in [2.45, 2.75) is 44.7 Å². The highest BCUT2D eigenvalue weighted by Crippen LogP contribution is 2.33. The van der Waals surface area contributed by atoms with E-state index in [9.17, 15) is 4.39 Å². The zero-order chi connectivity index (χ0) is 13.9. The maximum Gasteiger partial charge on any atom is 0.126 e. The summed E-state index contributed by atoms with van der Waals surface area (Å²) in [5.41, 5.74) is 2.20. The fourth-order valence-corrected chi connectivity index (χ4v) is 3.07. The molecule has 2 nitrogen and oxygen atoms in total. The van der Waals surface area contributed by atoms with E-state index in [-0.39, 0.29) is 5.82 Å². The number of aryl methyl sites for hydroxylation is 1. The normalized spacial score (nSPS) is 18.2. The summed E-state index contributed by atoms with van der Waals surface area (Å²) < 4.78 is 13.2. The number of nitrogens with one attached hydrogen (secondary N) is 1. The van der Waals surface area contributed by atoms with Gasteiger partial charge in [-0.1, -0.05) is 25.0 Å². The molecule has 0 radical (unpaired) electrons. The minimum absolute atomic E-state index is 0.121. The molecule has 1 aliphatic carbocycles. The molecule has 0 spiro atoms. The Morgan fingerprint density at radius 2 is 1.95 bits per heavy atom. The molecule has 1 aromatic rings. The average Bonchev–Trinajstić information content (AvgIpc) is 2.84. The van der Waals surface area contributed by atoms with Crippen LogP contribution in [0, 0.1) is 12.7 Å². The molecule has 1 saturated carbocycles. The molecule has 3 heteroatoms. The second kappa shape index (κ2) is 6.02. The molecule has 0 unspecified atom stereocenters. The molecule has 1 fully saturated rings. The fourth-order valence-electron chi connectivity index (χ4n) is 3.07. The van der Waals surface area contributed by atoms with Crippen molar-refractivity contribution in [3.8, 4) is 0 Å². The Morgan fingerprint density at radius 1 is 1.26 bits per heavy atom. The molecule has 0 bridgehead atoms. The van der Waals surface area contributed by atoms with Gasteiger partial charge in [-0.3, -0.25) is 0 Å². The second-order valence-corrected chi connectivity index (χ2v) is 6.01. The zero-order valence-corrected chi connectivity index (χ0v) is 12.3. The largest absolute Gasteiger partial charge is 0.311 e. The lowest BCUT2D eigenvalue weighted by molar-refractivity contribution is 0.153. The molecule has 19 heavy (non-hydrogen) atoms. The summed E-state index contributed by atoms with van der Waals surface area (Å²) in [5.74, 6) is -0.121. The summed E-state index contributed by atoms with van der Waals surface area (Å²) in [5, 5.41) is 3.55. The Balaban J connectivity index is 1.90. The topological polar surface area (TPSA) is 15.3 Å². The maximum atomic E-state index is 13.2. The Labute approximate surface area is 116 Å². The molecule has 0 aromatic heterocycles. The van der Waals surface area contributed by atoms with E-state index >= 15 is 0 Å². The molecular formula is C16H25FN2. The standard InChI is InChI=1S/C16H25FN2/c1-13-10-14(6-7-15(13)17)11-18-12-16(19(2)3)8-4-5-9-16/h6-7,10,18H,4-5,8-9,11-12H2,1-3H3. The number of likely N-dealkylation sites (N-methyl/N-ethyl adjacent to an activating group) is 1. The Bertz CT molecular complexity index is 423. The molecule has 2 rings (SSSR count). The van der Waals surface area contributed by atoms with Crippen molar-refractivity contribution in [2.75, 3.05) is 20.6 Å². The highest BCUT2D eigenvalue weighted by Gasteiger charge is 2.35. The Morgan fingerprint density at radius 3 is 2.53 bits per heavy atom. The number of halogens is 1. The third-order valence-corrected chi connectivity index (χ3v) is 4.49. The predicted molar refractivity (Wildman–Crippen MR) is 77.7 cm³/mol. The summed E-state index contributed by atoms with van der Waals surface area (Å²) in [6.45, 7) is 3.64. The fraction of sp³-hybridized carbons (Fsp3) is 0.625. The van der Waals surface area contributed by atoms with Crippen LogP contribution < -0.4 is 5.32 Å². The van der Waals surface area contributed by atoms with E-state index in [1.165, 1.54) is 25.7 Å². The second-order valence-electron chi connectivity index (χ2n) is 6.01. The molecule has 1 N–H and O–H groups in total. The van der Waals surface area contributed by atoms with Crippen molar-refractivity contribution in [3.63, 3.8) is 0 Å². The highest BCUT2D eigenvalue weighted by molar-refractivity contribution is 5.23. The molecule has 0 aliphatic heterocycles. The van der Waals surface area contributed by atoms with Crippen molar-refractivity contribution in [1.82, 2.24) is 10.2 Å². The van der Waals surface area contributed by atoms with Crippen LogP contribution in [0.5, 0.6) is 0 Å². The SMILES string of the molecule is Cc1cc(CNCC2(N(C)C)CCCC2)ccc1F. The first kappa shape index (κ1) is 14.5. The lowest BCUT2D eigenvalue weighted by Crippen LogP contribution is -2.49. The van der Waals surface area contributed by atoms with E-state index in [0.29, 0.717) is 5.54 Å². The minimum atomic E-state index is -0.121. The van der Waals surface area contributed by atoms with Crippen LogP contribution in [-0.4, -0.2) is 31.1 Å². The van der Waals surface area contributed by atoms with E-state index in [2.05, 4.69) is 24.3 Å². The summed E-state index contributed by atoms with van der Waals surface area (Å²) in [7, 11) is 4.35. The molecule has 1 aliphatic rings. The van der Waals surface area contributed by atoms with Gasteiger partial charge in [0.15, 0.2) is 0 Å². The van der Waals surface area contributed by atoms with Crippen LogP contribution in [0.4, 0.5) is 4.39 Å². The molecule has 106 valence electrons. The lowest BCUT2D eigenvalue weighted by Gasteiger charge is -2.36.